The molecular formula is C23H35N3O2. The highest BCUT2D eigenvalue weighted by atomic mass is 16.5. The van der Waals surface area contributed by atoms with Gasteiger partial charge in [-0.2, -0.15) is 0 Å². The summed E-state index contributed by atoms with van der Waals surface area (Å²) in [6, 6.07) is 8.28. The number of benzene rings is 1. The quantitative estimate of drug-likeness (QED) is 0.801. The minimum atomic E-state index is -0.278. The molecule has 3 aliphatic rings. The fourth-order valence-corrected chi connectivity index (χ4v) is 5.14. The van der Waals surface area contributed by atoms with E-state index in [0.717, 1.165) is 57.7 Å². The first-order valence-corrected chi connectivity index (χ1v) is 10.8. The van der Waals surface area contributed by atoms with Crippen molar-refractivity contribution in [2.75, 3.05) is 46.3 Å². The van der Waals surface area contributed by atoms with E-state index in [9.17, 15) is 4.79 Å². The number of piperazine rings is 1. The smallest absolute Gasteiger partial charge is 0.254 e. The Morgan fingerprint density at radius 2 is 1.64 bits per heavy atom. The van der Waals surface area contributed by atoms with Crippen molar-refractivity contribution >= 4 is 5.91 Å². The first kappa shape index (κ1) is 19.9. The summed E-state index contributed by atoms with van der Waals surface area (Å²) >= 11 is 0. The Morgan fingerprint density at radius 3 is 2.29 bits per heavy atom. The molecule has 4 rings (SSSR count). The van der Waals surface area contributed by atoms with Crippen LogP contribution >= 0.6 is 0 Å². The molecular weight excluding hydrogens is 350 g/mol. The number of carbonyl (C=O) groups is 1. The molecule has 0 N–H and O–H groups in total. The highest BCUT2D eigenvalue weighted by molar-refractivity contribution is 5.94. The third-order valence-corrected chi connectivity index (χ3v) is 6.55. The molecule has 28 heavy (non-hydrogen) atoms. The van der Waals surface area contributed by atoms with Gasteiger partial charge in [0.15, 0.2) is 0 Å². The molecule has 1 aromatic carbocycles. The number of hydrogen-bond acceptors (Lipinski definition) is 4. The minimum absolute atomic E-state index is 0.126. The Labute approximate surface area is 169 Å². The molecule has 1 aromatic rings. The van der Waals surface area contributed by atoms with Crippen molar-refractivity contribution in [3.8, 4) is 0 Å². The molecule has 1 amide bonds. The second kappa shape index (κ2) is 7.77. The lowest BCUT2D eigenvalue weighted by Crippen LogP contribution is -2.60. The number of amides is 1. The highest BCUT2D eigenvalue weighted by Crippen LogP contribution is 2.40. The van der Waals surface area contributed by atoms with Gasteiger partial charge >= 0.3 is 0 Å². The molecule has 0 unspecified atom stereocenters. The second-order valence-electron chi connectivity index (χ2n) is 9.69. The predicted molar refractivity (Wildman–Crippen MR) is 111 cm³/mol. The van der Waals surface area contributed by atoms with Crippen molar-refractivity contribution in [2.45, 2.75) is 57.3 Å². The van der Waals surface area contributed by atoms with Gasteiger partial charge in [-0.15, -0.1) is 0 Å². The Kier molecular flexibility index (Phi) is 5.51. The average Bonchev–Trinajstić information content (AvgIpc) is 3.09. The first-order chi connectivity index (χ1) is 13.3. The van der Waals surface area contributed by atoms with Crippen LogP contribution in [-0.4, -0.2) is 78.1 Å². The highest BCUT2D eigenvalue weighted by Gasteiger charge is 2.47. The molecule has 5 nitrogen and oxygen atoms in total. The lowest BCUT2D eigenvalue weighted by molar-refractivity contribution is -0.184. The van der Waals surface area contributed by atoms with E-state index in [1.54, 1.807) is 0 Å². The Morgan fingerprint density at radius 1 is 1.00 bits per heavy atom. The summed E-state index contributed by atoms with van der Waals surface area (Å²) in [5.74, 6) is 0.147. The van der Waals surface area contributed by atoms with Crippen LogP contribution in [-0.2, 0) is 11.3 Å². The SMILES string of the molecule is CN1CCN(Cc2ccc(C(=O)N3CC(C)(C)OC4(CCCC4)C3)cc2)CC1. The zero-order valence-corrected chi connectivity index (χ0v) is 17.7. The summed E-state index contributed by atoms with van der Waals surface area (Å²) in [5.41, 5.74) is 1.68. The number of rotatable bonds is 3. The van der Waals surface area contributed by atoms with E-state index in [0.29, 0.717) is 6.54 Å². The molecule has 2 saturated heterocycles. The average molecular weight is 386 g/mol. The third-order valence-electron chi connectivity index (χ3n) is 6.55. The van der Waals surface area contributed by atoms with Crippen LogP contribution < -0.4 is 0 Å². The number of nitrogens with zero attached hydrogens (tertiary/aromatic N) is 3. The summed E-state index contributed by atoms with van der Waals surface area (Å²) in [5, 5.41) is 0. The maximum absolute atomic E-state index is 13.2. The van der Waals surface area contributed by atoms with Crippen molar-refractivity contribution in [3.63, 3.8) is 0 Å². The van der Waals surface area contributed by atoms with Crippen LogP contribution in [0.25, 0.3) is 0 Å². The number of hydrogen-bond donors (Lipinski definition) is 0. The molecule has 2 aliphatic heterocycles. The molecule has 154 valence electrons. The number of carbonyl (C=O) groups excluding carboxylic acids is 1. The van der Waals surface area contributed by atoms with Gasteiger partial charge in [0.2, 0.25) is 0 Å². The zero-order valence-electron chi connectivity index (χ0n) is 17.7. The Bertz CT molecular complexity index is 686. The van der Waals surface area contributed by atoms with Crippen LogP contribution in [0.4, 0.5) is 0 Å². The van der Waals surface area contributed by atoms with Crippen LogP contribution in [0.2, 0.25) is 0 Å². The lowest BCUT2D eigenvalue weighted by atomic mass is 9.93. The fraction of sp³-hybridized carbons (Fsp3) is 0.696. The Balaban J connectivity index is 1.41. The van der Waals surface area contributed by atoms with Crippen LogP contribution in [0.3, 0.4) is 0 Å². The first-order valence-electron chi connectivity index (χ1n) is 10.8. The molecule has 5 heteroatoms. The van der Waals surface area contributed by atoms with Gasteiger partial charge < -0.3 is 14.5 Å². The topological polar surface area (TPSA) is 36.0 Å². The molecule has 0 bridgehead atoms. The van der Waals surface area contributed by atoms with E-state index < -0.39 is 0 Å². The second-order valence-corrected chi connectivity index (χ2v) is 9.69. The van der Waals surface area contributed by atoms with Crippen LogP contribution in [0, 0.1) is 0 Å². The standard InChI is InChI=1S/C23H35N3O2/c1-22(2)17-26(18-23(28-22)10-4-5-11-23)21(27)20-8-6-19(7-9-20)16-25-14-12-24(3)13-15-25/h6-9H,4-5,10-18H2,1-3H3. The number of ether oxygens (including phenoxy) is 1. The van der Waals surface area contributed by atoms with Crippen molar-refractivity contribution in [1.82, 2.24) is 14.7 Å². The third kappa shape index (κ3) is 4.42. The molecule has 0 atom stereocenters. The van der Waals surface area contributed by atoms with Crippen LogP contribution in [0.1, 0.15) is 55.5 Å². The van der Waals surface area contributed by atoms with E-state index in [2.05, 4.69) is 42.8 Å². The van der Waals surface area contributed by atoms with Gasteiger partial charge in [0.1, 0.15) is 0 Å². The predicted octanol–water partition coefficient (Wildman–Crippen LogP) is 3.00. The number of likely N-dealkylation sites (N-methyl/N-ethyl adjacent to an activating group) is 1. The molecule has 1 aliphatic carbocycles. The zero-order chi connectivity index (χ0) is 19.8. The van der Waals surface area contributed by atoms with Crippen LogP contribution in [0.5, 0.6) is 0 Å². The largest absolute Gasteiger partial charge is 0.365 e. The summed E-state index contributed by atoms with van der Waals surface area (Å²) < 4.78 is 6.45. The molecule has 0 aromatic heterocycles. The monoisotopic (exact) mass is 385 g/mol. The maximum atomic E-state index is 13.2. The van der Waals surface area contributed by atoms with Gasteiger partial charge in [-0.05, 0) is 51.4 Å². The van der Waals surface area contributed by atoms with Crippen molar-refractivity contribution < 1.29 is 9.53 Å². The van der Waals surface area contributed by atoms with E-state index in [1.807, 2.05) is 17.0 Å². The van der Waals surface area contributed by atoms with Gasteiger partial charge in [0, 0.05) is 44.8 Å². The molecule has 3 fully saturated rings. The fourth-order valence-electron chi connectivity index (χ4n) is 5.14. The Hall–Kier alpha value is -1.43. The number of morpholine rings is 1. The van der Waals surface area contributed by atoms with E-state index in [-0.39, 0.29) is 17.1 Å². The summed E-state index contributed by atoms with van der Waals surface area (Å²) in [6.07, 6.45) is 4.56. The molecule has 0 radical (unpaired) electrons. The van der Waals surface area contributed by atoms with E-state index >= 15 is 0 Å². The molecule has 1 saturated carbocycles. The van der Waals surface area contributed by atoms with Crippen LogP contribution in [0.15, 0.2) is 24.3 Å². The molecule has 1 spiro atoms. The summed E-state index contributed by atoms with van der Waals surface area (Å²) in [7, 11) is 2.18. The summed E-state index contributed by atoms with van der Waals surface area (Å²) in [4.78, 5) is 20.1. The maximum Gasteiger partial charge on any atom is 0.254 e. The van der Waals surface area contributed by atoms with Gasteiger partial charge in [-0.1, -0.05) is 25.0 Å². The van der Waals surface area contributed by atoms with Crippen molar-refractivity contribution in [3.05, 3.63) is 35.4 Å². The van der Waals surface area contributed by atoms with Crippen molar-refractivity contribution in [2.24, 2.45) is 0 Å². The normalized spacial score (nSPS) is 25.3. The van der Waals surface area contributed by atoms with Gasteiger partial charge in [0.05, 0.1) is 17.7 Å². The summed E-state index contributed by atoms with van der Waals surface area (Å²) in [6.45, 7) is 11.1. The minimum Gasteiger partial charge on any atom is -0.365 e. The van der Waals surface area contributed by atoms with Gasteiger partial charge in [0.25, 0.3) is 5.91 Å². The van der Waals surface area contributed by atoms with Gasteiger partial charge in [-0.3, -0.25) is 9.69 Å². The molecule has 2 heterocycles. The van der Waals surface area contributed by atoms with Crippen molar-refractivity contribution in [1.29, 1.82) is 0 Å². The van der Waals surface area contributed by atoms with E-state index in [4.69, 9.17) is 4.74 Å². The lowest BCUT2D eigenvalue weighted by Gasteiger charge is -2.48. The van der Waals surface area contributed by atoms with E-state index in [1.165, 1.54) is 18.4 Å². The van der Waals surface area contributed by atoms with Gasteiger partial charge in [-0.25, -0.2) is 0 Å².